The van der Waals surface area contributed by atoms with Gasteiger partial charge in [-0.25, -0.2) is 9.48 Å². The number of nitrogens with zero attached hydrogens (tertiary/aromatic N) is 6. The minimum Gasteiger partial charge on any atom is -0.456 e. The van der Waals surface area contributed by atoms with E-state index in [9.17, 15) is 9.59 Å². The normalized spacial score (nSPS) is 24.1. The Kier molecular flexibility index (Phi) is 4.65. The number of hydrogen-bond donors (Lipinski definition) is 0. The predicted molar refractivity (Wildman–Crippen MR) is 119 cm³/mol. The number of aromatic nitrogens is 4. The van der Waals surface area contributed by atoms with Crippen LogP contribution in [0.1, 0.15) is 50.3 Å². The third-order valence-electron chi connectivity index (χ3n) is 8.11. The lowest BCUT2D eigenvalue weighted by atomic mass is 9.77. The average Bonchev–Trinajstić information content (AvgIpc) is 3.57. The molecule has 1 aromatic heterocycles. The van der Waals surface area contributed by atoms with Crippen LogP contribution in [0.3, 0.4) is 0 Å². The van der Waals surface area contributed by atoms with E-state index in [4.69, 9.17) is 4.74 Å². The Balaban J connectivity index is 1.07. The fourth-order valence-corrected chi connectivity index (χ4v) is 5.86. The van der Waals surface area contributed by atoms with Crippen LogP contribution in [0.5, 0.6) is 0 Å². The average molecular weight is 449 g/mol. The van der Waals surface area contributed by atoms with Gasteiger partial charge in [-0.05, 0) is 74.2 Å². The molecule has 1 atom stereocenters. The van der Waals surface area contributed by atoms with Crippen LogP contribution < -0.4 is 0 Å². The van der Waals surface area contributed by atoms with Crippen molar-refractivity contribution in [1.29, 1.82) is 0 Å². The van der Waals surface area contributed by atoms with Gasteiger partial charge in [0.25, 0.3) is 0 Å². The smallest absolute Gasteiger partial charge is 0.336 e. The molecule has 2 saturated heterocycles. The van der Waals surface area contributed by atoms with Gasteiger partial charge < -0.3 is 14.5 Å². The van der Waals surface area contributed by atoms with Gasteiger partial charge in [0.1, 0.15) is 6.61 Å². The summed E-state index contributed by atoms with van der Waals surface area (Å²) >= 11 is 0. The van der Waals surface area contributed by atoms with Crippen LogP contribution in [-0.4, -0.2) is 74.7 Å². The maximum atomic E-state index is 13.3. The first-order valence-electron chi connectivity index (χ1n) is 11.8. The molecule has 4 aliphatic heterocycles. The highest BCUT2D eigenvalue weighted by Gasteiger charge is 2.50. The first kappa shape index (κ1) is 20.5. The number of esters is 1. The van der Waals surface area contributed by atoms with Crippen LogP contribution in [0, 0.1) is 5.41 Å². The molecule has 1 aromatic carbocycles. The van der Waals surface area contributed by atoms with Gasteiger partial charge in [0, 0.05) is 18.7 Å². The molecular weight excluding hydrogens is 420 g/mol. The summed E-state index contributed by atoms with van der Waals surface area (Å²) in [6.45, 7) is 7.65. The number of piperidine rings is 1. The van der Waals surface area contributed by atoms with E-state index in [2.05, 4.69) is 45.5 Å². The summed E-state index contributed by atoms with van der Waals surface area (Å²) in [5.74, 6) is 0.732. The molecular formula is C24H28N6O3. The van der Waals surface area contributed by atoms with Crippen molar-refractivity contribution in [3.8, 4) is 11.4 Å². The third kappa shape index (κ3) is 3.13. The first-order chi connectivity index (χ1) is 16.0. The van der Waals surface area contributed by atoms with Crippen LogP contribution in [0.25, 0.3) is 11.4 Å². The number of ether oxygens (including phenoxy) is 1. The van der Waals surface area contributed by atoms with Crippen LogP contribution in [0.4, 0.5) is 0 Å². The zero-order valence-corrected chi connectivity index (χ0v) is 19.1. The highest BCUT2D eigenvalue weighted by Crippen LogP contribution is 2.44. The molecule has 33 heavy (non-hydrogen) atoms. The summed E-state index contributed by atoms with van der Waals surface area (Å²) in [7, 11) is 0. The van der Waals surface area contributed by atoms with E-state index in [1.807, 2.05) is 9.58 Å². The molecule has 9 heteroatoms. The summed E-state index contributed by atoms with van der Waals surface area (Å²) in [4.78, 5) is 29.3. The van der Waals surface area contributed by atoms with Crippen molar-refractivity contribution >= 4 is 11.9 Å². The molecule has 0 aliphatic carbocycles. The molecule has 9 nitrogen and oxygen atoms in total. The number of cyclic esters (lactones) is 1. The zero-order valence-electron chi connectivity index (χ0n) is 19.1. The zero-order chi connectivity index (χ0) is 22.7. The Hall–Kier alpha value is -3.07. The number of likely N-dealkylation sites (tertiary alicyclic amines) is 2. The lowest BCUT2D eigenvalue weighted by molar-refractivity contribution is -0.138. The monoisotopic (exact) mass is 448 g/mol. The number of amides is 1. The Morgan fingerprint density at radius 1 is 1.15 bits per heavy atom. The first-order valence-corrected chi connectivity index (χ1v) is 11.8. The van der Waals surface area contributed by atoms with Gasteiger partial charge in [0.2, 0.25) is 5.91 Å². The summed E-state index contributed by atoms with van der Waals surface area (Å²) in [6.07, 6.45) is 3.60. The van der Waals surface area contributed by atoms with Crippen molar-refractivity contribution in [3.63, 3.8) is 0 Å². The second kappa shape index (κ2) is 7.48. The van der Waals surface area contributed by atoms with Gasteiger partial charge in [-0.1, -0.05) is 18.2 Å². The van der Waals surface area contributed by atoms with E-state index in [-0.39, 0.29) is 29.9 Å². The number of carbonyl (C=O) groups is 2. The fraction of sp³-hybridized carbons (Fsp3) is 0.542. The standard InChI is InChI=1S/C24H28N6O3/c1-15-20(14-33-22(15)31)29-12-8-24(23(29)32)6-10-28(11-7-24)9-5-17-3-4-18-19(13-17)16(2)30-21(18)25-26-27-30/h3-4,13,16H,5-12,14H2,1-2H3/t16-/m1/s1. The maximum absolute atomic E-state index is 13.3. The number of tetrazole rings is 1. The Labute approximate surface area is 192 Å². The third-order valence-corrected chi connectivity index (χ3v) is 8.11. The van der Waals surface area contributed by atoms with Gasteiger partial charge in [-0.15, -0.1) is 5.10 Å². The molecule has 0 N–H and O–H groups in total. The largest absolute Gasteiger partial charge is 0.456 e. The van der Waals surface area contributed by atoms with Crippen molar-refractivity contribution in [2.75, 3.05) is 32.8 Å². The van der Waals surface area contributed by atoms with Crippen LogP contribution in [0.2, 0.25) is 0 Å². The molecule has 6 rings (SSSR count). The quantitative estimate of drug-likeness (QED) is 0.660. The predicted octanol–water partition coefficient (Wildman–Crippen LogP) is 1.95. The number of rotatable bonds is 4. The van der Waals surface area contributed by atoms with Crippen molar-refractivity contribution in [3.05, 3.63) is 40.6 Å². The van der Waals surface area contributed by atoms with E-state index >= 15 is 0 Å². The van der Waals surface area contributed by atoms with Crippen molar-refractivity contribution in [2.45, 2.75) is 45.6 Å². The van der Waals surface area contributed by atoms with Gasteiger partial charge in [0.05, 0.1) is 22.7 Å². The van der Waals surface area contributed by atoms with Crippen molar-refractivity contribution < 1.29 is 14.3 Å². The van der Waals surface area contributed by atoms with E-state index in [1.165, 1.54) is 11.1 Å². The molecule has 2 fully saturated rings. The van der Waals surface area contributed by atoms with Gasteiger partial charge in [-0.2, -0.15) is 0 Å². The van der Waals surface area contributed by atoms with Crippen molar-refractivity contribution in [1.82, 2.24) is 30.0 Å². The van der Waals surface area contributed by atoms with E-state index in [0.717, 1.165) is 62.4 Å². The second-order valence-electron chi connectivity index (χ2n) is 9.77. The molecule has 0 bridgehead atoms. The minimum atomic E-state index is -0.299. The lowest BCUT2D eigenvalue weighted by Gasteiger charge is -2.38. The van der Waals surface area contributed by atoms with Crippen LogP contribution >= 0.6 is 0 Å². The highest BCUT2D eigenvalue weighted by molar-refractivity contribution is 5.94. The molecule has 2 aromatic rings. The molecule has 1 amide bonds. The van der Waals surface area contributed by atoms with Crippen molar-refractivity contribution in [2.24, 2.45) is 5.41 Å². The fourth-order valence-electron chi connectivity index (χ4n) is 5.86. The maximum Gasteiger partial charge on any atom is 0.336 e. The molecule has 5 heterocycles. The number of carbonyl (C=O) groups excluding carboxylic acids is 2. The van der Waals surface area contributed by atoms with Crippen LogP contribution in [-0.2, 0) is 20.7 Å². The van der Waals surface area contributed by atoms with E-state index < -0.39 is 0 Å². The number of benzene rings is 1. The SMILES string of the molecule is CC1=C(N2CCC3(CCN(CCc4ccc5c(c4)[C@@H](C)n4nnnc4-5)CC3)C2=O)COC1=O. The summed E-state index contributed by atoms with van der Waals surface area (Å²) in [5.41, 5.74) is 4.77. The summed E-state index contributed by atoms with van der Waals surface area (Å²) in [6, 6.07) is 6.76. The molecule has 0 radical (unpaired) electrons. The number of fused-ring (bicyclic) bond motifs is 3. The minimum absolute atomic E-state index is 0.162. The lowest BCUT2D eigenvalue weighted by Crippen LogP contribution is -2.45. The van der Waals surface area contributed by atoms with E-state index in [1.54, 1.807) is 6.92 Å². The van der Waals surface area contributed by atoms with Gasteiger partial charge >= 0.3 is 5.97 Å². The topological polar surface area (TPSA) is 93.5 Å². The second-order valence-corrected chi connectivity index (χ2v) is 9.77. The van der Waals surface area contributed by atoms with E-state index in [0.29, 0.717) is 12.1 Å². The molecule has 0 unspecified atom stereocenters. The molecule has 172 valence electrons. The Morgan fingerprint density at radius 3 is 2.70 bits per heavy atom. The summed E-state index contributed by atoms with van der Waals surface area (Å²) in [5, 5.41) is 12.1. The van der Waals surface area contributed by atoms with Gasteiger partial charge in [-0.3, -0.25) is 4.79 Å². The molecule has 1 spiro atoms. The molecule has 0 saturated carbocycles. The molecule has 4 aliphatic rings. The van der Waals surface area contributed by atoms with Crippen LogP contribution in [0.15, 0.2) is 29.5 Å². The van der Waals surface area contributed by atoms with Gasteiger partial charge in [0.15, 0.2) is 5.82 Å². The summed E-state index contributed by atoms with van der Waals surface area (Å²) < 4.78 is 7.01. The highest BCUT2D eigenvalue weighted by atomic mass is 16.5. The Bertz CT molecular complexity index is 1180. The number of hydrogen-bond acceptors (Lipinski definition) is 7. The Morgan fingerprint density at radius 2 is 1.94 bits per heavy atom.